The van der Waals surface area contributed by atoms with Gasteiger partial charge in [0, 0.05) is 44.5 Å². The monoisotopic (exact) mass is 1200 g/mol. The van der Waals surface area contributed by atoms with Crippen LogP contribution >= 0.6 is 0 Å². The van der Waals surface area contributed by atoms with Crippen LogP contribution in [0.15, 0.2) is 334 Å². The van der Waals surface area contributed by atoms with Crippen molar-refractivity contribution in [2.24, 2.45) is 0 Å². The molecule has 1 aliphatic rings. The van der Waals surface area contributed by atoms with Crippen molar-refractivity contribution in [3.05, 3.63) is 345 Å². The Morgan fingerprint density at radius 3 is 0.968 bits per heavy atom. The van der Waals surface area contributed by atoms with Crippen LogP contribution in [0.4, 0.5) is 17.1 Å². The van der Waals surface area contributed by atoms with Crippen molar-refractivity contribution in [3.8, 4) is 101 Å². The van der Waals surface area contributed by atoms with E-state index < -0.39 is 0 Å². The van der Waals surface area contributed by atoms with E-state index in [4.69, 9.17) is 20.2 Å². The highest BCUT2D eigenvalue weighted by Crippen LogP contribution is 2.52. The molecule has 17 rings (SSSR count). The van der Waals surface area contributed by atoms with Gasteiger partial charge in [-0.1, -0.05) is 299 Å². The second-order valence-corrected chi connectivity index (χ2v) is 24.3. The van der Waals surface area contributed by atoms with Crippen LogP contribution in [0.2, 0.25) is 0 Å². The molecule has 0 bridgehead atoms. The molecule has 444 valence electrons. The smallest absolute Gasteiger partial charge is 0.182 e. The number of hydrogen-bond acceptors (Lipinski definition) is 7. The molecule has 0 saturated heterocycles. The number of para-hydroxylation sites is 2. The van der Waals surface area contributed by atoms with Gasteiger partial charge in [-0.25, -0.2) is 9.97 Å². The summed E-state index contributed by atoms with van der Waals surface area (Å²) in [4.78, 5) is 12.6. The van der Waals surface area contributed by atoms with Crippen LogP contribution in [-0.4, -0.2) is 30.4 Å². The highest BCUT2D eigenvalue weighted by atomic mass is 15.2. The average molecular weight is 1200 g/mol. The highest BCUT2D eigenvalue weighted by molar-refractivity contribution is 6.25. The molecular weight excluding hydrogens is 1140 g/mol. The Labute approximate surface area is 546 Å². The van der Waals surface area contributed by atoms with E-state index in [1.807, 2.05) is 97.1 Å². The van der Waals surface area contributed by atoms with Gasteiger partial charge in [0.15, 0.2) is 11.6 Å². The molecule has 2 aromatic heterocycles. The third-order valence-electron chi connectivity index (χ3n) is 18.2. The summed E-state index contributed by atoms with van der Waals surface area (Å²) in [6.07, 6.45) is 0. The minimum Gasteiger partial charge on any atom is -0.310 e. The Morgan fingerprint density at radius 1 is 0.223 bits per heavy atom. The molecule has 0 unspecified atom stereocenters. The van der Waals surface area contributed by atoms with Gasteiger partial charge in [-0.2, -0.15) is 0 Å². The number of aromatic nitrogens is 6. The maximum atomic E-state index is 5.10. The van der Waals surface area contributed by atoms with Crippen LogP contribution in [0, 0.1) is 0 Å². The van der Waals surface area contributed by atoms with Crippen molar-refractivity contribution in [1.29, 1.82) is 0 Å². The van der Waals surface area contributed by atoms with Gasteiger partial charge in [-0.3, -0.25) is 0 Å². The Bertz CT molecular complexity index is 5400. The lowest BCUT2D eigenvalue weighted by molar-refractivity contribution is 0.632. The number of fused-ring (bicyclic) bond motifs is 8. The fourth-order valence-corrected chi connectivity index (χ4v) is 13.5. The zero-order chi connectivity index (χ0) is 63.0. The summed E-state index contributed by atoms with van der Waals surface area (Å²) in [5.41, 5.74) is 21.9. The van der Waals surface area contributed by atoms with Crippen molar-refractivity contribution in [2.45, 2.75) is 19.3 Å². The van der Waals surface area contributed by atoms with E-state index in [2.05, 4.69) is 266 Å². The van der Waals surface area contributed by atoms with Crippen molar-refractivity contribution < 1.29 is 0 Å². The van der Waals surface area contributed by atoms with Crippen LogP contribution < -0.4 is 4.90 Å². The molecule has 0 radical (unpaired) electrons. The first-order valence-corrected chi connectivity index (χ1v) is 31.8. The number of anilines is 3. The zero-order valence-electron chi connectivity index (χ0n) is 51.9. The van der Waals surface area contributed by atoms with Gasteiger partial charge in [0.1, 0.15) is 22.8 Å². The largest absolute Gasteiger partial charge is 0.310 e. The van der Waals surface area contributed by atoms with E-state index in [-0.39, 0.29) is 5.41 Å². The minimum absolute atomic E-state index is 0.0989. The average Bonchev–Trinajstić information content (AvgIpc) is 0.740. The van der Waals surface area contributed by atoms with Gasteiger partial charge < -0.3 is 4.90 Å². The lowest BCUT2D eigenvalue weighted by Crippen LogP contribution is -2.30. The van der Waals surface area contributed by atoms with E-state index in [9.17, 15) is 0 Å². The second kappa shape index (κ2) is 24.5. The summed E-state index contributed by atoms with van der Waals surface area (Å²) in [5, 5.41) is 26.4. The summed E-state index contributed by atoms with van der Waals surface area (Å²) < 4.78 is 0. The molecule has 0 atom stereocenters. The van der Waals surface area contributed by atoms with Crippen molar-refractivity contribution in [1.82, 2.24) is 30.4 Å². The van der Waals surface area contributed by atoms with Gasteiger partial charge in [-0.05, 0) is 125 Å². The van der Waals surface area contributed by atoms with E-state index in [0.717, 1.165) is 84.1 Å². The molecule has 3 heterocycles. The molecular formula is C87H61N7. The lowest BCUT2D eigenvalue weighted by atomic mass is 9.73. The number of benzene rings is 14. The number of rotatable bonds is 10. The highest BCUT2D eigenvalue weighted by Gasteiger charge is 2.36. The maximum absolute atomic E-state index is 5.10. The van der Waals surface area contributed by atoms with E-state index in [0.29, 0.717) is 11.6 Å². The molecule has 0 N–H and O–H groups in total. The second-order valence-electron chi connectivity index (χ2n) is 24.3. The molecule has 0 spiro atoms. The molecule has 14 aromatic carbocycles. The maximum Gasteiger partial charge on any atom is 0.182 e. The number of hydrogen-bond donors (Lipinski definition) is 0. The first-order chi connectivity index (χ1) is 46.4. The molecule has 7 heteroatoms. The SMILES string of the molecule is CC1(C)c2ccccc2N(c2cccc(-c3cccc(-c4nnc(-c5ccccc5)c(-c5ccccc5)n4)c3)c2)c2ccccc21.c1ccc(-c2nnc(-c3cccc(-c4cccc(-c5ccc6c7ccccc7c7ccccc7c6c5)c4)c3)nc2-c2ccccc2)cc1. The summed E-state index contributed by atoms with van der Waals surface area (Å²) >= 11 is 0. The predicted octanol–water partition coefficient (Wildman–Crippen LogP) is 22.3. The Hall–Kier alpha value is -12.3. The van der Waals surface area contributed by atoms with Gasteiger partial charge in [0.25, 0.3) is 0 Å². The van der Waals surface area contributed by atoms with Crippen LogP contribution in [-0.2, 0) is 5.41 Å². The summed E-state index contributed by atoms with van der Waals surface area (Å²) in [7, 11) is 0. The predicted molar refractivity (Wildman–Crippen MR) is 388 cm³/mol. The molecule has 7 nitrogen and oxygen atoms in total. The molecule has 0 amide bonds. The van der Waals surface area contributed by atoms with Gasteiger partial charge >= 0.3 is 0 Å². The fourth-order valence-electron chi connectivity index (χ4n) is 13.5. The molecule has 0 fully saturated rings. The van der Waals surface area contributed by atoms with Crippen molar-refractivity contribution >= 4 is 49.4 Å². The van der Waals surface area contributed by atoms with Gasteiger partial charge in [-0.15, -0.1) is 20.4 Å². The molecule has 94 heavy (non-hydrogen) atoms. The van der Waals surface area contributed by atoms with Crippen LogP contribution in [0.3, 0.4) is 0 Å². The molecule has 0 aliphatic carbocycles. The Balaban J connectivity index is 0.000000149. The summed E-state index contributed by atoms with van der Waals surface area (Å²) in [6, 6.07) is 117. The van der Waals surface area contributed by atoms with Crippen molar-refractivity contribution in [3.63, 3.8) is 0 Å². The van der Waals surface area contributed by atoms with E-state index in [1.165, 1.54) is 65.9 Å². The van der Waals surface area contributed by atoms with Crippen LogP contribution in [0.5, 0.6) is 0 Å². The zero-order valence-corrected chi connectivity index (χ0v) is 51.9. The molecule has 1 aliphatic heterocycles. The quantitative estimate of drug-likeness (QED) is 0.126. The van der Waals surface area contributed by atoms with E-state index in [1.54, 1.807) is 0 Å². The van der Waals surface area contributed by atoms with Crippen molar-refractivity contribution in [2.75, 3.05) is 4.90 Å². The topological polar surface area (TPSA) is 80.6 Å². The first kappa shape index (κ1) is 56.9. The summed E-state index contributed by atoms with van der Waals surface area (Å²) in [5.74, 6) is 1.19. The van der Waals surface area contributed by atoms with Crippen LogP contribution in [0.25, 0.3) is 134 Å². The Morgan fingerprint density at radius 2 is 0.532 bits per heavy atom. The lowest BCUT2D eigenvalue weighted by Gasteiger charge is -2.42. The van der Waals surface area contributed by atoms with Gasteiger partial charge in [0.2, 0.25) is 0 Å². The number of nitrogens with zero attached hydrogens (tertiary/aromatic N) is 7. The van der Waals surface area contributed by atoms with Crippen LogP contribution in [0.1, 0.15) is 25.0 Å². The van der Waals surface area contributed by atoms with E-state index >= 15 is 0 Å². The third-order valence-corrected chi connectivity index (χ3v) is 18.2. The summed E-state index contributed by atoms with van der Waals surface area (Å²) in [6.45, 7) is 4.63. The standard InChI is InChI=1S/C45H29N3.C42H32N4/c1-3-13-30(14-4-1)43-44(31-15-5-2-6-16-31)47-48-45(46-43)36-20-12-19-34(28-36)32-17-11-18-33(27-32)35-25-26-41-39-23-8-7-21-37(39)38-22-9-10-24-40(38)42(41)29-35;1-42(2)35-23-9-11-25-37(35)46(38-26-12-10-24-36(38)42)34-22-14-20-32(28-34)31-19-13-21-33(27-31)41-43-39(29-15-5-3-6-16-29)40(44-45-41)30-17-7-4-8-18-30/h1-29H;3-28H,1-2H3. The third kappa shape index (κ3) is 10.7. The normalized spacial score (nSPS) is 12.2. The molecule has 16 aromatic rings. The molecule has 0 saturated carbocycles. The Kier molecular flexibility index (Phi) is 14.8. The minimum atomic E-state index is -0.0989. The first-order valence-electron chi connectivity index (χ1n) is 31.8. The van der Waals surface area contributed by atoms with Gasteiger partial charge in [0.05, 0.1) is 11.4 Å². The fraction of sp³-hybridized carbons (Fsp3) is 0.0345.